The summed E-state index contributed by atoms with van der Waals surface area (Å²) in [5.41, 5.74) is 3.37. The molecule has 1 heterocycles. The van der Waals surface area contributed by atoms with E-state index in [1.165, 1.54) is 9.14 Å². The fourth-order valence-electron chi connectivity index (χ4n) is 2.81. The lowest BCUT2D eigenvalue weighted by atomic mass is 10.0. The number of hydrogen-bond acceptors (Lipinski definition) is 2. The highest BCUT2D eigenvalue weighted by molar-refractivity contribution is 14.1. The van der Waals surface area contributed by atoms with Crippen LogP contribution in [-0.2, 0) is 23.0 Å². The van der Waals surface area contributed by atoms with Crippen molar-refractivity contribution < 1.29 is 8.42 Å². The lowest BCUT2D eigenvalue weighted by Crippen LogP contribution is -2.31. The zero-order valence-corrected chi connectivity index (χ0v) is 16.5. The van der Waals surface area contributed by atoms with E-state index in [1.807, 2.05) is 43.3 Å². The second kappa shape index (κ2) is 7.37. The van der Waals surface area contributed by atoms with E-state index in [9.17, 15) is 8.42 Å². The fourth-order valence-corrected chi connectivity index (χ4v) is 4.63. The van der Waals surface area contributed by atoms with Gasteiger partial charge in [-0.25, -0.2) is 8.42 Å². The first kappa shape index (κ1) is 17.6. The molecule has 126 valence electrons. The summed E-state index contributed by atoms with van der Waals surface area (Å²) in [4.78, 5) is 0.355. The van der Waals surface area contributed by atoms with Gasteiger partial charge in [0, 0.05) is 13.1 Å². The van der Waals surface area contributed by atoms with Gasteiger partial charge in [-0.1, -0.05) is 48.0 Å². The molecule has 0 aliphatic carbocycles. The van der Waals surface area contributed by atoms with E-state index >= 15 is 0 Å². The molecule has 1 aliphatic heterocycles. The van der Waals surface area contributed by atoms with E-state index in [2.05, 4.69) is 28.7 Å². The highest BCUT2D eigenvalue weighted by Crippen LogP contribution is 2.25. The minimum atomic E-state index is -3.52. The van der Waals surface area contributed by atoms with Crippen molar-refractivity contribution in [3.63, 3.8) is 0 Å². The van der Waals surface area contributed by atoms with Crippen molar-refractivity contribution in [1.82, 2.24) is 4.31 Å². The molecule has 0 atom stereocenters. The summed E-state index contributed by atoms with van der Waals surface area (Å²) in [6, 6.07) is 15.2. The third-order valence-corrected chi connectivity index (χ3v) is 7.08. The van der Waals surface area contributed by atoms with Crippen LogP contribution in [0.15, 0.2) is 63.1 Å². The number of sulfonamides is 1. The minimum absolute atomic E-state index is 0.355. The first-order valence-corrected chi connectivity index (χ1v) is 10.5. The standard InChI is InChI=1S/C19H20INO2S/c1-15-6-10-19(11-7-15)24(22,23)21-13-12-18(20)9-8-16-4-2-3-5-17(16)14-21/h2-7,10-12H,8-9,13-14H2,1H3/b18-12-. The molecule has 24 heavy (non-hydrogen) atoms. The van der Waals surface area contributed by atoms with Crippen LogP contribution < -0.4 is 0 Å². The van der Waals surface area contributed by atoms with Gasteiger partial charge in [0.05, 0.1) is 4.90 Å². The normalized spacial score (nSPS) is 18.7. The van der Waals surface area contributed by atoms with Crippen LogP contribution in [0.25, 0.3) is 0 Å². The summed E-state index contributed by atoms with van der Waals surface area (Å²) in [6.07, 6.45) is 3.93. The van der Waals surface area contributed by atoms with Gasteiger partial charge in [0.25, 0.3) is 0 Å². The number of allylic oxidation sites excluding steroid dienone is 1. The van der Waals surface area contributed by atoms with Crippen LogP contribution in [0.3, 0.4) is 0 Å². The Bertz CT molecular complexity index is 857. The zero-order valence-electron chi connectivity index (χ0n) is 13.6. The van der Waals surface area contributed by atoms with Gasteiger partial charge in [0.1, 0.15) is 0 Å². The molecule has 2 aromatic carbocycles. The number of aryl methyl sites for hydroxylation is 2. The van der Waals surface area contributed by atoms with Crippen LogP contribution in [0.4, 0.5) is 0 Å². The molecular weight excluding hydrogens is 433 g/mol. The first-order chi connectivity index (χ1) is 11.5. The number of nitrogens with zero attached hydrogens (tertiary/aromatic N) is 1. The number of halogens is 1. The second-order valence-electron chi connectivity index (χ2n) is 6.03. The number of hydrogen-bond donors (Lipinski definition) is 0. The molecule has 0 N–H and O–H groups in total. The van der Waals surface area contributed by atoms with E-state index in [0.29, 0.717) is 18.0 Å². The van der Waals surface area contributed by atoms with E-state index in [4.69, 9.17) is 0 Å². The predicted molar refractivity (Wildman–Crippen MR) is 106 cm³/mol. The van der Waals surface area contributed by atoms with Crippen molar-refractivity contribution >= 4 is 32.6 Å². The Labute approximate surface area is 157 Å². The molecule has 0 amide bonds. The van der Waals surface area contributed by atoms with Gasteiger partial charge < -0.3 is 0 Å². The molecule has 0 spiro atoms. The third kappa shape index (κ3) is 3.90. The van der Waals surface area contributed by atoms with E-state index in [0.717, 1.165) is 24.0 Å². The maximum absolute atomic E-state index is 13.1. The summed E-state index contributed by atoms with van der Waals surface area (Å²) in [5.74, 6) is 0. The number of benzene rings is 2. The Hall–Kier alpha value is -1.18. The SMILES string of the molecule is Cc1ccc(S(=O)(=O)N2C/C=C(\I)CCc3ccccc3C2)cc1. The molecule has 1 aliphatic rings. The van der Waals surface area contributed by atoms with Crippen molar-refractivity contribution in [2.24, 2.45) is 0 Å². The average Bonchev–Trinajstić information content (AvgIpc) is 2.65. The molecule has 0 bridgehead atoms. The molecule has 0 aromatic heterocycles. The van der Waals surface area contributed by atoms with Gasteiger partial charge in [0.15, 0.2) is 0 Å². The van der Waals surface area contributed by atoms with Crippen molar-refractivity contribution in [3.05, 3.63) is 74.9 Å². The van der Waals surface area contributed by atoms with Crippen LogP contribution >= 0.6 is 22.6 Å². The Morgan fingerprint density at radius 3 is 2.33 bits per heavy atom. The topological polar surface area (TPSA) is 37.4 Å². The second-order valence-corrected chi connectivity index (χ2v) is 9.35. The maximum Gasteiger partial charge on any atom is 0.243 e. The lowest BCUT2D eigenvalue weighted by molar-refractivity contribution is 0.437. The molecular formula is C19H20INO2S. The fraction of sp³-hybridized carbons (Fsp3) is 0.263. The van der Waals surface area contributed by atoms with Crippen LogP contribution in [0.2, 0.25) is 0 Å². The molecule has 0 saturated heterocycles. The Kier molecular flexibility index (Phi) is 5.42. The third-order valence-electron chi connectivity index (χ3n) is 4.27. The molecule has 5 heteroatoms. The molecule has 0 radical (unpaired) electrons. The van der Waals surface area contributed by atoms with Crippen LogP contribution in [0.1, 0.15) is 23.1 Å². The van der Waals surface area contributed by atoms with E-state index < -0.39 is 10.0 Å². The minimum Gasteiger partial charge on any atom is -0.207 e. The van der Waals surface area contributed by atoms with Gasteiger partial charge >= 0.3 is 0 Å². The first-order valence-electron chi connectivity index (χ1n) is 7.95. The lowest BCUT2D eigenvalue weighted by Gasteiger charge is -2.22. The molecule has 2 aromatic rings. The highest BCUT2D eigenvalue weighted by Gasteiger charge is 2.25. The summed E-state index contributed by atoms with van der Waals surface area (Å²) < 4.78 is 28.9. The van der Waals surface area contributed by atoms with Gasteiger partial charge in [-0.3, -0.25) is 0 Å². The summed E-state index contributed by atoms with van der Waals surface area (Å²) in [6.45, 7) is 2.77. The molecule has 3 nitrogen and oxygen atoms in total. The Balaban J connectivity index is 2.01. The van der Waals surface area contributed by atoms with Gasteiger partial charge in [0.2, 0.25) is 10.0 Å². The van der Waals surface area contributed by atoms with Crippen LogP contribution in [-0.4, -0.2) is 19.3 Å². The van der Waals surface area contributed by atoms with Gasteiger partial charge in [-0.15, -0.1) is 0 Å². The predicted octanol–water partition coefficient (Wildman–Crippen LogP) is 4.45. The highest BCUT2D eigenvalue weighted by atomic mass is 127. The van der Waals surface area contributed by atoms with E-state index in [1.54, 1.807) is 16.4 Å². The smallest absolute Gasteiger partial charge is 0.207 e. The summed E-state index contributed by atoms with van der Waals surface area (Å²) >= 11 is 2.31. The van der Waals surface area contributed by atoms with Gasteiger partial charge in [-0.2, -0.15) is 4.31 Å². The maximum atomic E-state index is 13.1. The monoisotopic (exact) mass is 453 g/mol. The molecule has 0 fully saturated rings. The van der Waals surface area contributed by atoms with Crippen LogP contribution in [0, 0.1) is 6.92 Å². The summed E-state index contributed by atoms with van der Waals surface area (Å²) in [7, 11) is -3.52. The van der Waals surface area contributed by atoms with Crippen molar-refractivity contribution in [2.75, 3.05) is 6.54 Å². The van der Waals surface area contributed by atoms with E-state index in [-0.39, 0.29) is 0 Å². The number of rotatable bonds is 2. The van der Waals surface area contributed by atoms with Crippen molar-refractivity contribution in [2.45, 2.75) is 31.2 Å². The molecule has 3 rings (SSSR count). The van der Waals surface area contributed by atoms with Gasteiger partial charge in [-0.05, 0) is 69.2 Å². The van der Waals surface area contributed by atoms with Crippen molar-refractivity contribution in [3.8, 4) is 0 Å². The quantitative estimate of drug-likeness (QED) is 0.631. The Morgan fingerprint density at radius 2 is 1.62 bits per heavy atom. The Morgan fingerprint density at radius 1 is 0.958 bits per heavy atom. The average molecular weight is 453 g/mol. The summed E-state index contributed by atoms with van der Waals surface area (Å²) in [5, 5.41) is 0. The number of fused-ring (bicyclic) bond motifs is 1. The van der Waals surface area contributed by atoms with Crippen LogP contribution in [0.5, 0.6) is 0 Å². The largest absolute Gasteiger partial charge is 0.243 e. The molecule has 0 saturated carbocycles. The zero-order chi connectivity index (χ0) is 17.2. The van der Waals surface area contributed by atoms with Crippen molar-refractivity contribution in [1.29, 1.82) is 0 Å². The molecule has 0 unspecified atom stereocenters.